The lowest BCUT2D eigenvalue weighted by molar-refractivity contribution is 0.0962. The van der Waals surface area contributed by atoms with Crippen molar-refractivity contribution in [2.24, 2.45) is 0 Å². The Morgan fingerprint density at radius 2 is 1.91 bits per heavy atom. The molecule has 2 aliphatic rings. The predicted molar refractivity (Wildman–Crippen MR) is 132 cm³/mol. The van der Waals surface area contributed by atoms with E-state index in [0.29, 0.717) is 23.4 Å². The lowest BCUT2D eigenvalue weighted by Gasteiger charge is -2.38. The van der Waals surface area contributed by atoms with E-state index in [2.05, 4.69) is 72.5 Å². The number of rotatable bonds is 5. The second-order valence-corrected chi connectivity index (χ2v) is 9.22. The Bertz CT molecular complexity index is 1200. The molecule has 3 heterocycles. The number of ether oxygens (including phenoxy) is 1. The van der Waals surface area contributed by atoms with Crippen LogP contribution in [0.25, 0.3) is 17.0 Å². The van der Waals surface area contributed by atoms with Crippen LogP contribution in [0.3, 0.4) is 0 Å². The van der Waals surface area contributed by atoms with Crippen LogP contribution in [-0.4, -0.2) is 39.4 Å². The van der Waals surface area contributed by atoms with Gasteiger partial charge in [0.05, 0.1) is 24.3 Å². The SMILES string of the molecule is CC1=C(c2nc(-c3cccc(C)c3)no2)C(c2ccc(C)cc2)NC(=S)N1CC1CCCO1. The average Bonchev–Trinajstić information content (AvgIpc) is 3.49. The molecule has 0 aliphatic carbocycles. The average molecular weight is 461 g/mol. The topological polar surface area (TPSA) is 63.4 Å². The fraction of sp³-hybridized carbons (Fsp3) is 0.346. The van der Waals surface area contributed by atoms with Crippen molar-refractivity contribution in [3.8, 4) is 11.4 Å². The first-order valence-electron chi connectivity index (χ1n) is 11.4. The number of allylic oxidation sites excluding steroid dienone is 1. The van der Waals surface area contributed by atoms with Gasteiger partial charge in [0.2, 0.25) is 5.82 Å². The molecule has 0 spiro atoms. The Morgan fingerprint density at radius 1 is 1.09 bits per heavy atom. The molecule has 7 heteroatoms. The third-order valence-electron chi connectivity index (χ3n) is 6.35. The van der Waals surface area contributed by atoms with Gasteiger partial charge in [-0.3, -0.25) is 0 Å². The molecule has 0 radical (unpaired) electrons. The molecule has 0 bridgehead atoms. The quantitative estimate of drug-likeness (QED) is 0.525. The number of hydrogen-bond acceptors (Lipinski definition) is 5. The van der Waals surface area contributed by atoms with Gasteiger partial charge in [0.25, 0.3) is 5.89 Å². The van der Waals surface area contributed by atoms with Crippen LogP contribution in [0.5, 0.6) is 0 Å². The van der Waals surface area contributed by atoms with Crippen LogP contribution in [0, 0.1) is 13.8 Å². The molecular weight excluding hydrogens is 432 g/mol. The van der Waals surface area contributed by atoms with Crippen LogP contribution >= 0.6 is 12.2 Å². The van der Waals surface area contributed by atoms with Crippen LogP contribution in [-0.2, 0) is 4.74 Å². The second-order valence-electron chi connectivity index (χ2n) is 8.83. The van der Waals surface area contributed by atoms with Gasteiger partial charge >= 0.3 is 0 Å². The summed E-state index contributed by atoms with van der Waals surface area (Å²) in [5.74, 6) is 1.08. The minimum atomic E-state index is -0.176. The first-order valence-corrected chi connectivity index (χ1v) is 11.8. The fourth-order valence-corrected chi connectivity index (χ4v) is 4.84. The Labute approximate surface area is 199 Å². The van der Waals surface area contributed by atoms with Crippen molar-refractivity contribution in [3.05, 3.63) is 76.8 Å². The summed E-state index contributed by atoms with van der Waals surface area (Å²) in [5.41, 5.74) is 6.35. The van der Waals surface area contributed by atoms with Gasteiger partial charge in [0.15, 0.2) is 5.11 Å². The summed E-state index contributed by atoms with van der Waals surface area (Å²) in [7, 11) is 0. The predicted octanol–water partition coefficient (Wildman–Crippen LogP) is 5.19. The highest BCUT2D eigenvalue weighted by molar-refractivity contribution is 7.80. The molecule has 0 amide bonds. The molecular formula is C26H28N4O2S. The number of nitrogens with zero attached hydrogens (tertiary/aromatic N) is 3. The van der Waals surface area contributed by atoms with E-state index >= 15 is 0 Å². The fourth-order valence-electron chi connectivity index (χ4n) is 4.51. The first-order chi connectivity index (χ1) is 16.0. The van der Waals surface area contributed by atoms with Gasteiger partial charge in [-0.25, -0.2) is 0 Å². The Kier molecular flexibility index (Phi) is 6.00. The van der Waals surface area contributed by atoms with Crippen molar-refractivity contribution in [1.82, 2.24) is 20.4 Å². The lowest BCUT2D eigenvalue weighted by atomic mass is 9.94. The van der Waals surface area contributed by atoms with Crippen molar-refractivity contribution in [2.75, 3.05) is 13.2 Å². The molecule has 0 saturated carbocycles. The van der Waals surface area contributed by atoms with Crippen molar-refractivity contribution in [3.63, 3.8) is 0 Å². The van der Waals surface area contributed by atoms with Gasteiger partial charge < -0.3 is 19.5 Å². The minimum absolute atomic E-state index is 0.169. The summed E-state index contributed by atoms with van der Waals surface area (Å²) in [5, 5.41) is 8.52. The molecule has 1 N–H and O–H groups in total. The van der Waals surface area contributed by atoms with E-state index in [9.17, 15) is 0 Å². The van der Waals surface area contributed by atoms with Gasteiger partial charge in [-0.15, -0.1) is 0 Å². The molecule has 2 atom stereocenters. The second kappa shape index (κ2) is 9.08. The number of nitrogens with one attached hydrogen (secondary N) is 1. The van der Waals surface area contributed by atoms with Gasteiger partial charge in [-0.05, 0) is 57.5 Å². The molecule has 1 fully saturated rings. The standard InChI is InChI=1S/C26H28N4O2S/c1-16-9-11-19(12-10-16)23-22(18(3)30(26(33)27-23)15-21-8-5-13-31-21)25-28-24(29-32-25)20-7-4-6-17(2)14-20/h4,6-7,9-12,14,21,23H,5,8,13,15H2,1-3H3,(H,27,33). The molecule has 170 valence electrons. The molecule has 2 aliphatic heterocycles. The molecule has 1 saturated heterocycles. The van der Waals surface area contributed by atoms with Gasteiger partial charge in [-0.1, -0.05) is 58.7 Å². The highest BCUT2D eigenvalue weighted by Crippen LogP contribution is 2.38. The monoisotopic (exact) mass is 460 g/mol. The number of benzene rings is 2. The number of aromatic nitrogens is 2. The summed E-state index contributed by atoms with van der Waals surface area (Å²) in [6.45, 7) is 7.74. The zero-order valence-corrected chi connectivity index (χ0v) is 20.0. The number of hydrogen-bond donors (Lipinski definition) is 1. The number of aryl methyl sites for hydroxylation is 2. The zero-order chi connectivity index (χ0) is 22.9. The van der Waals surface area contributed by atoms with Gasteiger partial charge in [0.1, 0.15) is 0 Å². The minimum Gasteiger partial charge on any atom is -0.376 e. The molecule has 6 nitrogen and oxygen atoms in total. The largest absolute Gasteiger partial charge is 0.376 e. The first kappa shape index (κ1) is 21.8. The van der Waals surface area contributed by atoms with E-state index in [0.717, 1.165) is 47.4 Å². The van der Waals surface area contributed by atoms with Gasteiger partial charge in [0, 0.05) is 17.9 Å². The van der Waals surface area contributed by atoms with E-state index in [1.807, 2.05) is 12.1 Å². The summed E-state index contributed by atoms with van der Waals surface area (Å²) < 4.78 is 11.7. The van der Waals surface area contributed by atoms with Crippen molar-refractivity contribution < 1.29 is 9.26 Å². The van der Waals surface area contributed by atoms with Crippen LogP contribution in [0.2, 0.25) is 0 Å². The summed E-state index contributed by atoms with van der Waals surface area (Å²) in [6.07, 6.45) is 2.30. The third-order valence-corrected chi connectivity index (χ3v) is 6.69. The normalized spacial score (nSPS) is 20.9. The third kappa shape index (κ3) is 4.43. The summed E-state index contributed by atoms with van der Waals surface area (Å²) in [4.78, 5) is 6.92. The van der Waals surface area contributed by atoms with E-state index in [-0.39, 0.29) is 12.1 Å². The highest BCUT2D eigenvalue weighted by atomic mass is 32.1. The summed E-state index contributed by atoms with van der Waals surface area (Å²) >= 11 is 5.80. The van der Waals surface area contributed by atoms with E-state index in [4.69, 9.17) is 26.5 Å². The molecule has 2 aromatic carbocycles. The number of thiocarbonyl (C=S) groups is 1. The lowest BCUT2D eigenvalue weighted by Crippen LogP contribution is -2.48. The van der Waals surface area contributed by atoms with Crippen molar-refractivity contribution in [1.29, 1.82) is 0 Å². The molecule has 1 aromatic heterocycles. The van der Waals surface area contributed by atoms with Crippen molar-refractivity contribution >= 4 is 22.9 Å². The molecule has 5 rings (SSSR count). The Hall–Kier alpha value is -3.03. The maximum atomic E-state index is 5.89. The molecule has 3 aromatic rings. The van der Waals surface area contributed by atoms with Gasteiger partial charge in [-0.2, -0.15) is 4.98 Å². The zero-order valence-electron chi connectivity index (χ0n) is 19.2. The van der Waals surface area contributed by atoms with Crippen LogP contribution in [0.1, 0.15) is 48.4 Å². The van der Waals surface area contributed by atoms with Crippen molar-refractivity contribution in [2.45, 2.75) is 45.8 Å². The highest BCUT2D eigenvalue weighted by Gasteiger charge is 2.35. The molecule has 2 unspecified atom stereocenters. The van der Waals surface area contributed by atoms with Crippen LogP contribution < -0.4 is 5.32 Å². The Balaban J connectivity index is 1.57. The van der Waals surface area contributed by atoms with Crippen LogP contribution in [0.15, 0.2) is 58.8 Å². The maximum Gasteiger partial charge on any atom is 0.258 e. The molecule has 33 heavy (non-hydrogen) atoms. The smallest absolute Gasteiger partial charge is 0.258 e. The Morgan fingerprint density at radius 3 is 2.64 bits per heavy atom. The van der Waals surface area contributed by atoms with E-state index in [1.165, 1.54) is 5.56 Å². The van der Waals surface area contributed by atoms with E-state index < -0.39 is 0 Å². The van der Waals surface area contributed by atoms with Crippen LogP contribution in [0.4, 0.5) is 0 Å². The van der Waals surface area contributed by atoms with E-state index in [1.54, 1.807) is 0 Å². The summed E-state index contributed by atoms with van der Waals surface area (Å²) in [6, 6.07) is 16.4. The maximum absolute atomic E-state index is 5.89.